The highest BCUT2D eigenvalue weighted by Crippen LogP contribution is 2.33. The SMILES string of the molecule is O=[N+]([O-])c1ccc(Oc2cc(-c3cn[nH]c3)cn3nccc23)c(F)c1. The number of halogens is 1. The van der Waals surface area contributed by atoms with Crippen LogP contribution in [-0.4, -0.2) is 24.7 Å². The first-order chi connectivity index (χ1) is 12.1. The van der Waals surface area contributed by atoms with Gasteiger partial charge in [0, 0.05) is 29.6 Å². The minimum absolute atomic E-state index is 0.113. The van der Waals surface area contributed by atoms with Crippen molar-refractivity contribution in [2.45, 2.75) is 0 Å². The maximum absolute atomic E-state index is 14.1. The zero-order valence-electron chi connectivity index (χ0n) is 12.6. The first kappa shape index (κ1) is 14.8. The second-order valence-electron chi connectivity index (χ2n) is 5.21. The summed E-state index contributed by atoms with van der Waals surface area (Å²) in [6, 6.07) is 6.68. The zero-order chi connectivity index (χ0) is 17.4. The highest BCUT2D eigenvalue weighted by atomic mass is 19.1. The minimum Gasteiger partial charge on any atom is -0.452 e. The Bertz CT molecular complexity index is 1070. The summed E-state index contributed by atoms with van der Waals surface area (Å²) in [5.74, 6) is -0.567. The fourth-order valence-corrected chi connectivity index (χ4v) is 2.45. The summed E-state index contributed by atoms with van der Waals surface area (Å²) in [7, 11) is 0. The molecule has 0 saturated heterocycles. The fraction of sp³-hybridized carbons (Fsp3) is 0. The monoisotopic (exact) mass is 339 g/mol. The van der Waals surface area contributed by atoms with E-state index in [1.807, 2.05) is 0 Å². The molecule has 0 aliphatic rings. The van der Waals surface area contributed by atoms with Crippen molar-refractivity contribution >= 4 is 11.2 Å². The molecule has 0 fully saturated rings. The number of aromatic nitrogens is 4. The fourth-order valence-electron chi connectivity index (χ4n) is 2.45. The van der Waals surface area contributed by atoms with Gasteiger partial charge in [-0.15, -0.1) is 0 Å². The number of benzene rings is 1. The number of hydrogen-bond acceptors (Lipinski definition) is 5. The Kier molecular flexibility index (Phi) is 3.38. The molecule has 25 heavy (non-hydrogen) atoms. The molecular weight excluding hydrogens is 329 g/mol. The maximum Gasteiger partial charge on any atom is 0.272 e. The number of nitrogens with one attached hydrogen (secondary N) is 1. The molecule has 124 valence electrons. The molecule has 0 amide bonds. The van der Waals surface area contributed by atoms with Crippen LogP contribution in [0.15, 0.2) is 55.1 Å². The number of nitro benzene ring substituents is 1. The van der Waals surface area contributed by atoms with Gasteiger partial charge in [0.1, 0.15) is 5.52 Å². The van der Waals surface area contributed by atoms with Crippen molar-refractivity contribution in [2.24, 2.45) is 0 Å². The molecule has 9 heteroatoms. The Labute approximate surface area is 139 Å². The molecule has 3 heterocycles. The second-order valence-corrected chi connectivity index (χ2v) is 5.21. The molecule has 0 bridgehead atoms. The summed E-state index contributed by atoms with van der Waals surface area (Å²) in [4.78, 5) is 10.1. The third-order valence-electron chi connectivity index (χ3n) is 3.65. The summed E-state index contributed by atoms with van der Waals surface area (Å²) >= 11 is 0. The van der Waals surface area contributed by atoms with E-state index in [9.17, 15) is 14.5 Å². The number of fused-ring (bicyclic) bond motifs is 1. The smallest absolute Gasteiger partial charge is 0.272 e. The van der Waals surface area contributed by atoms with Gasteiger partial charge in [-0.2, -0.15) is 10.2 Å². The number of non-ortho nitro benzene ring substituents is 1. The standard InChI is InChI=1S/C16H10FN5O3/c17-13-6-12(22(23)24)1-2-15(13)25-16-5-10(11-7-18-19-8-11)9-21-14(16)3-4-20-21/h1-9H,(H,18,19). The Balaban J connectivity index is 1.79. The van der Waals surface area contributed by atoms with E-state index >= 15 is 0 Å². The van der Waals surface area contributed by atoms with Gasteiger partial charge in [-0.1, -0.05) is 0 Å². The van der Waals surface area contributed by atoms with Crippen LogP contribution in [0.2, 0.25) is 0 Å². The van der Waals surface area contributed by atoms with Gasteiger partial charge >= 0.3 is 0 Å². The average Bonchev–Trinajstić information content (AvgIpc) is 3.27. The van der Waals surface area contributed by atoms with Gasteiger partial charge in [0.05, 0.1) is 23.4 Å². The number of nitro groups is 1. The summed E-state index contributed by atoms with van der Waals surface area (Å²) in [5, 5.41) is 21.5. The van der Waals surface area contributed by atoms with Crippen molar-refractivity contribution in [1.82, 2.24) is 19.8 Å². The van der Waals surface area contributed by atoms with Crippen LogP contribution in [0, 0.1) is 15.9 Å². The van der Waals surface area contributed by atoms with Crippen LogP contribution < -0.4 is 4.74 Å². The van der Waals surface area contributed by atoms with E-state index in [-0.39, 0.29) is 11.4 Å². The van der Waals surface area contributed by atoms with Crippen molar-refractivity contribution in [3.8, 4) is 22.6 Å². The number of aromatic amines is 1. The number of ether oxygens (including phenoxy) is 1. The van der Waals surface area contributed by atoms with Crippen molar-refractivity contribution in [1.29, 1.82) is 0 Å². The molecule has 1 aromatic carbocycles. The van der Waals surface area contributed by atoms with Crippen LogP contribution in [-0.2, 0) is 0 Å². The molecular formula is C16H10FN5O3. The predicted molar refractivity (Wildman–Crippen MR) is 85.9 cm³/mol. The van der Waals surface area contributed by atoms with Crippen LogP contribution in [0.1, 0.15) is 0 Å². The Morgan fingerprint density at radius 3 is 2.80 bits per heavy atom. The molecule has 3 aromatic heterocycles. The van der Waals surface area contributed by atoms with Gasteiger partial charge in [0.15, 0.2) is 17.3 Å². The minimum atomic E-state index is -0.819. The third kappa shape index (κ3) is 2.67. The molecule has 4 rings (SSSR count). The molecule has 1 N–H and O–H groups in total. The van der Waals surface area contributed by atoms with E-state index in [1.165, 1.54) is 12.1 Å². The lowest BCUT2D eigenvalue weighted by molar-refractivity contribution is -0.385. The molecule has 0 spiro atoms. The number of nitrogens with zero attached hydrogens (tertiary/aromatic N) is 4. The molecule has 0 radical (unpaired) electrons. The van der Waals surface area contributed by atoms with E-state index < -0.39 is 10.7 Å². The number of H-pyrrole nitrogens is 1. The summed E-state index contributed by atoms with van der Waals surface area (Å²) in [6.45, 7) is 0. The van der Waals surface area contributed by atoms with Gasteiger partial charge in [-0.05, 0) is 18.2 Å². The Morgan fingerprint density at radius 1 is 1.20 bits per heavy atom. The Hall–Kier alpha value is -3.75. The van der Waals surface area contributed by atoms with Gasteiger partial charge in [0.25, 0.3) is 5.69 Å². The molecule has 0 atom stereocenters. The van der Waals surface area contributed by atoms with Crippen LogP contribution in [0.5, 0.6) is 11.5 Å². The van der Waals surface area contributed by atoms with Crippen molar-refractivity contribution < 1.29 is 14.1 Å². The molecule has 0 unspecified atom stereocenters. The van der Waals surface area contributed by atoms with E-state index in [0.717, 1.165) is 17.2 Å². The lowest BCUT2D eigenvalue weighted by atomic mass is 10.1. The van der Waals surface area contributed by atoms with Crippen LogP contribution in [0.25, 0.3) is 16.6 Å². The van der Waals surface area contributed by atoms with E-state index in [4.69, 9.17) is 4.74 Å². The van der Waals surface area contributed by atoms with E-state index in [1.54, 1.807) is 41.4 Å². The van der Waals surface area contributed by atoms with Gasteiger partial charge in [0.2, 0.25) is 0 Å². The average molecular weight is 339 g/mol. The van der Waals surface area contributed by atoms with Crippen LogP contribution >= 0.6 is 0 Å². The zero-order valence-corrected chi connectivity index (χ0v) is 12.6. The van der Waals surface area contributed by atoms with Crippen LogP contribution in [0.4, 0.5) is 10.1 Å². The first-order valence-electron chi connectivity index (χ1n) is 7.20. The molecule has 0 saturated carbocycles. The van der Waals surface area contributed by atoms with Gasteiger partial charge < -0.3 is 4.74 Å². The van der Waals surface area contributed by atoms with Gasteiger partial charge in [-0.3, -0.25) is 15.2 Å². The quantitative estimate of drug-likeness (QED) is 0.453. The predicted octanol–water partition coefficient (Wildman–Crippen LogP) is 3.56. The highest BCUT2D eigenvalue weighted by molar-refractivity contribution is 5.70. The van der Waals surface area contributed by atoms with Gasteiger partial charge in [-0.25, -0.2) is 8.91 Å². The molecule has 0 aliphatic heterocycles. The maximum atomic E-state index is 14.1. The lowest BCUT2D eigenvalue weighted by Gasteiger charge is -2.10. The first-order valence-corrected chi connectivity index (χ1v) is 7.20. The second kappa shape index (κ2) is 5.71. The third-order valence-corrected chi connectivity index (χ3v) is 3.65. The molecule has 8 nitrogen and oxygen atoms in total. The van der Waals surface area contributed by atoms with Crippen molar-refractivity contribution in [3.05, 3.63) is 71.1 Å². The largest absolute Gasteiger partial charge is 0.452 e. The topological polar surface area (TPSA) is 98.4 Å². The summed E-state index contributed by atoms with van der Waals surface area (Å²) in [5.41, 5.74) is 1.87. The highest BCUT2D eigenvalue weighted by Gasteiger charge is 2.15. The van der Waals surface area contributed by atoms with E-state index in [0.29, 0.717) is 11.3 Å². The van der Waals surface area contributed by atoms with Crippen LogP contribution in [0.3, 0.4) is 0 Å². The van der Waals surface area contributed by atoms with Crippen molar-refractivity contribution in [3.63, 3.8) is 0 Å². The number of pyridine rings is 1. The Morgan fingerprint density at radius 2 is 2.08 bits per heavy atom. The summed E-state index contributed by atoms with van der Waals surface area (Å²) < 4.78 is 21.4. The molecule has 4 aromatic rings. The number of hydrogen-bond donors (Lipinski definition) is 1. The lowest BCUT2D eigenvalue weighted by Crippen LogP contribution is -1.96. The summed E-state index contributed by atoms with van der Waals surface area (Å²) in [6.07, 6.45) is 6.73. The number of rotatable bonds is 4. The molecule has 0 aliphatic carbocycles. The van der Waals surface area contributed by atoms with E-state index in [2.05, 4.69) is 15.3 Å². The normalized spacial score (nSPS) is 10.9. The van der Waals surface area contributed by atoms with Crippen molar-refractivity contribution in [2.75, 3.05) is 0 Å².